The van der Waals surface area contributed by atoms with Crippen LogP contribution in [0.2, 0.25) is 0 Å². The Kier molecular flexibility index (Phi) is 4.08. The van der Waals surface area contributed by atoms with Gasteiger partial charge in [0, 0.05) is 19.3 Å². The van der Waals surface area contributed by atoms with Gasteiger partial charge in [0.2, 0.25) is 0 Å². The molecule has 1 aliphatic rings. The first kappa shape index (κ1) is 14.5. The Morgan fingerprint density at radius 2 is 2.15 bits per heavy atom. The second kappa shape index (κ2) is 5.62. The summed E-state index contributed by atoms with van der Waals surface area (Å²) in [5, 5.41) is 15.8. The molecule has 20 heavy (non-hydrogen) atoms. The van der Waals surface area contributed by atoms with Crippen molar-refractivity contribution in [1.82, 2.24) is 15.1 Å². The number of aliphatic carboxylic acids is 1. The van der Waals surface area contributed by atoms with Crippen molar-refractivity contribution in [2.24, 2.45) is 7.05 Å². The van der Waals surface area contributed by atoms with Crippen LogP contribution in [0.5, 0.6) is 0 Å². The number of amides is 1. The van der Waals surface area contributed by atoms with Crippen LogP contribution in [0.25, 0.3) is 0 Å². The van der Waals surface area contributed by atoms with E-state index in [2.05, 4.69) is 10.4 Å². The second-order valence-electron chi connectivity index (χ2n) is 5.04. The molecule has 0 radical (unpaired) electrons. The van der Waals surface area contributed by atoms with Gasteiger partial charge in [-0.05, 0) is 26.7 Å². The maximum Gasteiger partial charge on any atom is 0.332 e. The number of carboxylic acids is 1. The minimum atomic E-state index is -0.947. The SMILES string of the molecule is Cc1nn(C)c(C)c1C(=O)NCC1CCC(C(=O)O)O1. The third-order valence-electron chi connectivity index (χ3n) is 3.61. The summed E-state index contributed by atoms with van der Waals surface area (Å²) in [6.07, 6.45) is 0.138. The molecule has 2 atom stereocenters. The van der Waals surface area contributed by atoms with Gasteiger partial charge in [0.05, 0.1) is 17.4 Å². The fraction of sp³-hybridized carbons (Fsp3) is 0.615. The highest BCUT2D eigenvalue weighted by molar-refractivity contribution is 5.96. The van der Waals surface area contributed by atoms with Gasteiger partial charge >= 0.3 is 5.97 Å². The zero-order valence-electron chi connectivity index (χ0n) is 11.8. The van der Waals surface area contributed by atoms with Crippen molar-refractivity contribution in [2.45, 2.75) is 38.9 Å². The molecule has 2 rings (SSSR count). The van der Waals surface area contributed by atoms with Crippen molar-refractivity contribution in [2.75, 3.05) is 6.54 Å². The number of hydrogen-bond acceptors (Lipinski definition) is 4. The van der Waals surface area contributed by atoms with Gasteiger partial charge in [-0.2, -0.15) is 5.10 Å². The van der Waals surface area contributed by atoms with Gasteiger partial charge in [-0.3, -0.25) is 9.48 Å². The van der Waals surface area contributed by atoms with Crippen LogP contribution in [0.15, 0.2) is 0 Å². The second-order valence-corrected chi connectivity index (χ2v) is 5.04. The summed E-state index contributed by atoms with van der Waals surface area (Å²) in [6, 6.07) is 0. The van der Waals surface area contributed by atoms with Crippen LogP contribution in [0.4, 0.5) is 0 Å². The molecular weight excluding hydrogens is 262 g/mol. The van der Waals surface area contributed by atoms with E-state index in [0.717, 1.165) is 5.69 Å². The lowest BCUT2D eigenvalue weighted by molar-refractivity contribution is -0.149. The summed E-state index contributed by atoms with van der Waals surface area (Å²) in [5.41, 5.74) is 2.05. The Balaban J connectivity index is 1.92. The summed E-state index contributed by atoms with van der Waals surface area (Å²) in [6.45, 7) is 3.94. The van der Waals surface area contributed by atoms with Crippen molar-refractivity contribution in [3.63, 3.8) is 0 Å². The lowest BCUT2D eigenvalue weighted by Crippen LogP contribution is -2.33. The molecule has 7 heteroatoms. The van der Waals surface area contributed by atoms with E-state index in [-0.39, 0.29) is 12.0 Å². The quantitative estimate of drug-likeness (QED) is 0.833. The number of carbonyl (C=O) groups excluding carboxylic acids is 1. The van der Waals surface area contributed by atoms with E-state index in [4.69, 9.17) is 9.84 Å². The minimum Gasteiger partial charge on any atom is -0.479 e. The van der Waals surface area contributed by atoms with E-state index < -0.39 is 12.1 Å². The third-order valence-corrected chi connectivity index (χ3v) is 3.61. The Labute approximate surface area is 116 Å². The van der Waals surface area contributed by atoms with E-state index in [1.165, 1.54) is 0 Å². The normalized spacial score (nSPS) is 21.9. The van der Waals surface area contributed by atoms with E-state index in [9.17, 15) is 9.59 Å². The van der Waals surface area contributed by atoms with Crippen molar-refractivity contribution < 1.29 is 19.4 Å². The number of aromatic nitrogens is 2. The van der Waals surface area contributed by atoms with Crippen LogP contribution < -0.4 is 5.32 Å². The van der Waals surface area contributed by atoms with E-state index in [1.54, 1.807) is 18.7 Å². The molecule has 0 spiro atoms. The molecule has 1 aliphatic heterocycles. The van der Waals surface area contributed by atoms with Crippen LogP contribution in [0.3, 0.4) is 0 Å². The largest absolute Gasteiger partial charge is 0.479 e. The average molecular weight is 281 g/mol. The molecule has 0 aromatic carbocycles. The zero-order valence-corrected chi connectivity index (χ0v) is 11.8. The fourth-order valence-electron chi connectivity index (χ4n) is 2.43. The predicted molar refractivity (Wildman–Crippen MR) is 70.5 cm³/mol. The molecule has 0 saturated carbocycles. The Morgan fingerprint density at radius 1 is 1.45 bits per heavy atom. The molecule has 110 valence electrons. The molecule has 0 bridgehead atoms. The van der Waals surface area contributed by atoms with Gasteiger partial charge in [0.15, 0.2) is 6.10 Å². The van der Waals surface area contributed by atoms with Crippen molar-refractivity contribution in [1.29, 1.82) is 0 Å². The number of hydrogen-bond donors (Lipinski definition) is 2. The maximum atomic E-state index is 12.1. The molecule has 1 aromatic rings. The minimum absolute atomic E-state index is 0.199. The highest BCUT2D eigenvalue weighted by Gasteiger charge is 2.30. The molecular formula is C13H19N3O4. The van der Waals surface area contributed by atoms with E-state index in [1.807, 2.05) is 6.92 Å². The standard InChI is InChI=1S/C13H19N3O4/c1-7-11(8(2)16(3)15-7)12(17)14-6-9-4-5-10(20-9)13(18)19/h9-10H,4-6H2,1-3H3,(H,14,17)(H,18,19). The molecule has 1 aromatic heterocycles. The van der Waals surface area contributed by atoms with Gasteiger partial charge in [-0.1, -0.05) is 0 Å². The summed E-state index contributed by atoms with van der Waals surface area (Å²) in [5.74, 6) is -1.15. The average Bonchev–Trinajstić information content (AvgIpc) is 2.93. The predicted octanol–water partition coefficient (Wildman–Crippen LogP) is 0.399. The van der Waals surface area contributed by atoms with E-state index >= 15 is 0 Å². The monoisotopic (exact) mass is 281 g/mol. The van der Waals surface area contributed by atoms with Gasteiger partial charge in [-0.25, -0.2) is 4.79 Å². The molecule has 1 fully saturated rings. The van der Waals surface area contributed by atoms with E-state index in [0.29, 0.717) is 30.6 Å². The molecule has 2 unspecified atom stereocenters. The van der Waals surface area contributed by atoms with Gasteiger partial charge in [-0.15, -0.1) is 0 Å². The maximum absolute atomic E-state index is 12.1. The van der Waals surface area contributed by atoms with Crippen molar-refractivity contribution >= 4 is 11.9 Å². The van der Waals surface area contributed by atoms with Crippen molar-refractivity contribution in [3.05, 3.63) is 17.0 Å². The lowest BCUT2D eigenvalue weighted by Gasteiger charge is -2.12. The Morgan fingerprint density at radius 3 is 2.65 bits per heavy atom. The molecule has 0 aliphatic carbocycles. The molecule has 7 nitrogen and oxygen atoms in total. The van der Waals surface area contributed by atoms with Gasteiger partial charge < -0.3 is 15.2 Å². The number of carboxylic acid groups (broad SMARTS) is 1. The van der Waals surface area contributed by atoms with Crippen molar-refractivity contribution in [3.8, 4) is 0 Å². The summed E-state index contributed by atoms with van der Waals surface area (Å²) >= 11 is 0. The summed E-state index contributed by atoms with van der Waals surface area (Å²) in [4.78, 5) is 22.9. The van der Waals surface area contributed by atoms with Crippen LogP contribution in [0, 0.1) is 13.8 Å². The number of rotatable bonds is 4. The smallest absolute Gasteiger partial charge is 0.332 e. The van der Waals surface area contributed by atoms with Crippen LogP contribution in [0.1, 0.15) is 34.6 Å². The first-order chi connectivity index (χ1) is 9.40. The highest BCUT2D eigenvalue weighted by atomic mass is 16.5. The number of carbonyl (C=O) groups is 2. The van der Waals surface area contributed by atoms with Gasteiger partial charge in [0.25, 0.3) is 5.91 Å². The Bertz CT molecular complexity index is 538. The topological polar surface area (TPSA) is 93.5 Å². The number of nitrogens with one attached hydrogen (secondary N) is 1. The first-order valence-electron chi connectivity index (χ1n) is 6.56. The first-order valence-corrected chi connectivity index (χ1v) is 6.56. The molecule has 1 amide bonds. The summed E-state index contributed by atoms with van der Waals surface area (Å²) in [7, 11) is 1.79. The van der Waals surface area contributed by atoms with Gasteiger partial charge in [0.1, 0.15) is 0 Å². The highest BCUT2D eigenvalue weighted by Crippen LogP contribution is 2.19. The zero-order chi connectivity index (χ0) is 14.9. The third kappa shape index (κ3) is 2.82. The van der Waals surface area contributed by atoms with Crippen LogP contribution >= 0.6 is 0 Å². The number of nitrogens with zero attached hydrogens (tertiary/aromatic N) is 2. The Hall–Kier alpha value is -1.89. The molecule has 1 saturated heterocycles. The van der Waals surface area contributed by atoms with Crippen LogP contribution in [-0.2, 0) is 16.6 Å². The summed E-state index contributed by atoms with van der Waals surface area (Å²) < 4.78 is 7.00. The molecule has 2 heterocycles. The lowest BCUT2D eigenvalue weighted by atomic mass is 10.1. The number of ether oxygens (including phenoxy) is 1. The fourth-order valence-corrected chi connectivity index (χ4v) is 2.43. The molecule has 2 N–H and O–H groups in total. The number of aryl methyl sites for hydroxylation is 2. The van der Waals surface area contributed by atoms with Crippen LogP contribution in [-0.4, -0.2) is 45.5 Å².